The lowest BCUT2D eigenvalue weighted by molar-refractivity contribution is 0.623. The Morgan fingerprint density at radius 1 is 1.30 bits per heavy atom. The number of para-hydroxylation sites is 1. The maximum Gasteiger partial charge on any atom is 0.234 e. The van der Waals surface area contributed by atoms with Crippen LogP contribution in [0, 0.1) is 17.1 Å². The number of benzene rings is 1. The number of hydrogen-bond acceptors (Lipinski definition) is 5. The quantitative estimate of drug-likeness (QED) is 0.870. The van der Waals surface area contributed by atoms with Gasteiger partial charge in [0.05, 0.1) is 11.4 Å². The Morgan fingerprint density at radius 3 is 2.95 bits per heavy atom. The van der Waals surface area contributed by atoms with Crippen LogP contribution in [0.25, 0.3) is 0 Å². The molecule has 2 aromatic rings. The van der Waals surface area contributed by atoms with Crippen molar-refractivity contribution in [2.45, 2.75) is 13.0 Å². The maximum atomic E-state index is 13.7. The minimum absolute atomic E-state index is 0.101. The van der Waals surface area contributed by atoms with Gasteiger partial charge < -0.3 is 10.6 Å². The van der Waals surface area contributed by atoms with Gasteiger partial charge in [-0.2, -0.15) is 5.26 Å². The topological polar surface area (TPSA) is 73.6 Å². The van der Waals surface area contributed by atoms with E-state index >= 15 is 0 Å². The van der Waals surface area contributed by atoms with Gasteiger partial charge in [0.15, 0.2) is 0 Å². The molecule has 2 heterocycles. The molecule has 0 bridgehead atoms. The molecule has 0 aliphatic carbocycles. The Bertz CT molecular complexity index is 692. The highest BCUT2D eigenvalue weighted by Gasteiger charge is 2.18. The van der Waals surface area contributed by atoms with Gasteiger partial charge in [0, 0.05) is 25.1 Å². The van der Waals surface area contributed by atoms with Crippen LogP contribution in [0.1, 0.15) is 17.1 Å². The summed E-state index contributed by atoms with van der Waals surface area (Å²) in [6.45, 7) is 1.42. The van der Waals surface area contributed by atoms with Crippen molar-refractivity contribution < 1.29 is 4.39 Å². The Labute approximate surface area is 115 Å². The second kappa shape index (κ2) is 5.23. The molecule has 0 spiro atoms. The second-order valence-corrected chi connectivity index (χ2v) is 4.46. The van der Waals surface area contributed by atoms with Crippen molar-refractivity contribution in [3.05, 3.63) is 47.2 Å². The molecule has 0 amide bonds. The van der Waals surface area contributed by atoms with Crippen molar-refractivity contribution in [3.8, 4) is 6.07 Å². The molecule has 0 atom stereocenters. The smallest absolute Gasteiger partial charge is 0.234 e. The van der Waals surface area contributed by atoms with Crippen LogP contribution in [-0.2, 0) is 13.0 Å². The molecule has 0 unspecified atom stereocenters. The summed E-state index contributed by atoms with van der Waals surface area (Å²) in [6, 6.07) is 8.31. The Morgan fingerprint density at radius 2 is 2.15 bits per heavy atom. The number of halogens is 1. The van der Waals surface area contributed by atoms with Crippen molar-refractivity contribution in [1.82, 2.24) is 15.3 Å². The van der Waals surface area contributed by atoms with E-state index in [1.807, 2.05) is 6.07 Å². The SMILES string of the molecule is N#Cc1nc2c(c(Nc3ccccc3F)n1)CNCC2. The third-order valence-electron chi connectivity index (χ3n) is 3.16. The van der Waals surface area contributed by atoms with Crippen molar-refractivity contribution in [3.63, 3.8) is 0 Å². The number of hydrogen-bond donors (Lipinski definition) is 2. The number of nitrogens with one attached hydrogen (secondary N) is 2. The van der Waals surface area contributed by atoms with Crippen molar-refractivity contribution in [1.29, 1.82) is 5.26 Å². The van der Waals surface area contributed by atoms with Crippen LogP contribution in [0.4, 0.5) is 15.9 Å². The lowest BCUT2D eigenvalue weighted by atomic mass is 10.1. The van der Waals surface area contributed by atoms with E-state index in [-0.39, 0.29) is 11.6 Å². The third kappa shape index (κ3) is 2.31. The fourth-order valence-electron chi connectivity index (χ4n) is 2.19. The van der Waals surface area contributed by atoms with Crippen LogP contribution < -0.4 is 10.6 Å². The Balaban J connectivity index is 2.04. The average Bonchev–Trinajstić information content (AvgIpc) is 2.49. The molecule has 1 aromatic heterocycles. The molecule has 5 nitrogen and oxygen atoms in total. The molecule has 20 heavy (non-hydrogen) atoms. The number of rotatable bonds is 2. The zero-order valence-electron chi connectivity index (χ0n) is 10.7. The van der Waals surface area contributed by atoms with E-state index in [1.165, 1.54) is 6.07 Å². The first-order chi connectivity index (χ1) is 9.78. The molecule has 0 saturated carbocycles. The van der Waals surface area contributed by atoms with Gasteiger partial charge in [-0.15, -0.1) is 0 Å². The first-order valence-corrected chi connectivity index (χ1v) is 6.30. The summed E-state index contributed by atoms with van der Waals surface area (Å²) in [7, 11) is 0. The van der Waals surface area contributed by atoms with Gasteiger partial charge in [0.2, 0.25) is 5.82 Å². The van der Waals surface area contributed by atoms with E-state index in [0.29, 0.717) is 18.1 Å². The summed E-state index contributed by atoms with van der Waals surface area (Å²) in [5, 5.41) is 15.2. The summed E-state index contributed by atoms with van der Waals surface area (Å²) in [6.07, 6.45) is 0.735. The summed E-state index contributed by atoms with van der Waals surface area (Å²) < 4.78 is 13.7. The van der Waals surface area contributed by atoms with E-state index in [0.717, 1.165) is 24.2 Å². The van der Waals surface area contributed by atoms with Gasteiger partial charge in [0.25, 0.3) is 0 Å². The van der Waals surface area contributed by atoms with Gasteiger partial charge in [-0.1, -0.05) is 12.1 Å². The first kappa shape index (κ1) is 12.5. The summed E-state index contributed by atoms with van der Waals surface area (Å²) in [4.78, 5) is 8.36. The van der Waals surface area contributed by atoms with Crippen LogP contribution in [0.15, 0.2) is 24.3 Å². The fourth-order valence-corrected chi connectivity index (χ4v) is 2.19. The third-order valence-corrected chi connectivity index (χ3v) is 3.16. The van der Waals surface area contributed by atoms with Crippen LogP contribution in [0.2, 0.25) is 0 Å². The number of nitrogens with zero attached hydrogens (tertiary/aromatic N) is 3. The van der Waals surface area contributed by atoms with E-state index in [1.54, 1.807) is 18.2 Å². The van der Waals surface area contributed by atoms with Crippen molar-refractivity contribution in [2.75, 3.05) is 11.9 Å². The van der Waals surface area contributed by atoms with Crippen molar-refractivity contribution in [2.24, 2.45) is 0 Å². The van der Waals surface area contributed by atoms with Crippen LogP contribution in [0.3, 0.4) is 0 Å². The van der Waals surface area contributed by atoms with Crippen LogP contribution in [-0.4, -0.2) is 16.5 Å². The summed E-state index contributed by atoms with van der Waals surface area (Å²) >= 11 is 0. The van der Waals surface area contributed by atoms with Gasteiger partial charge in [-0.3, -0.25) is 0 Å². The molecule has 1 aromatic carbocycles. The molecule has 3 rings (SSSR count). The van der Waals surface area contributed by atoms with Gasteiger partial charge in [-0.25, -0.2) is 14.4 Å². The van der Waals surface area contributed by atoms with Crippen LogP contribution in [0.5, 0.6) is 0 Å². The van der Waals surface area contributed by atoms with E-state index < -0.39 is 0 Å². The monoisotopic (exact) mass is 269 g/mol. The van der Waals surface area contributed by atoms with E-state index in [4.69, 9.17) is 5.26 Å². The molecular formula is C14H12FN5. The predicted molar refractivity (Wildman–Crippen MR) is 71.8 cm³/mol. The molecule has 0 radical (unpaired) electrons. The molecule has 1 aliphatic rings. The van der Waals surface area contributed by atoms with Crippen molar-refractivity contribution >= 4 is 11.5 Å². The Hall–Kier alpha value is -2.52. The zero-order valence-corrected chi connectivity index (χ0v) is 10.7. The lowest BCUT2D eigenvalue weighted by Gasteiger charge is -2.19. The van der Waals surface area contributed by atoms with E-state index in [2.05, 4.69) is 20.6 Å². The molecule has 100 valence electrons. The van der Waals surface area contributed by atoms with Crippen LogP contribution >= 0.6 is 0 Å². The first-order valence-electron chi connectivity index (χ1n) is 6.30. The summed E-state index contributed by atoms with van der Waals surface area (Å²) in [5.74, 6) is 0.232. The molecule has 6 heteroatoms. The molecule has 2 N–H and O–H groups in total. The standard InChI is InChI=1S/C14H12FN5/c15-10-3-1-2-4-12(10)19-14-9-8-17-6-5-11(9)18-13(7-16)20-14/h1-4,17H,5-6,8H2,(H,18,19,20). The van der Waals surface area contributed by atoms with E-state index in [9.17, 15) is 4.39 Å². The largest absolute Gasteiger partial charge is 0.337 e. The lowest BCUT2D eigenvalue weighted by Crippen LogP contribution is -2.26. The minimum Gasteiger partial charge on any atom is -0.337 e. The number of nitriles is 1. The maximum absolute atomic E-state index is 13.7. The van der Waals surface area contributed by atoms with Gasteiger partial charge in [-0.05, 0) is 12.1 Å². The number of anilines is 2. The van der Waals surface area contributed by atoms with Gasteiger partial charge in [0.1, 0.15) is 17.7 Å². The molecule has 1 aliphatic heterocycles. The zero-order chi connectivity index (χ0) is 13.9. The Kier molecular flexibility index (Phi) is 3.27. The highest BCUT2D eigenvalue weighted by molar-refractivity contribution is 5.61. The van der Waals surface area contributed by atoms with Gasteiger partial charge >= 0.3 is 0 Å². The molecule has 0 fully saturated rings. The highest BCUT2D eigenvalue weighted by Crippen LogP contribution is 2.24. The average molecular weight is 269 g/mol. The number of fused-ring (bicyclic) bond motifs is 1. The summed E-state index contributed by atoms with van der Waals surface area (Å²) in [5.41, 5.74) is 2.07. The number of aromatic nitrogens is 2. The minimum atomic E-state index is -0.359. The second-order valence-electron chi connectivity index (χ2n) is 4.46. The fraction of sp³-hybridized carbons (Fsp3) is 0.214. The molecular weight excluding hydrogens is 257 g/mol. The molecule has 0 saturated heterocycles. The predicted octanol–water partition coefficient (Wildman–Crippen LogP) is 1.88. The highest BCUT2D eigenvalue weighted by atomic mass is 19.1. The normalized spacial score (nSPS) is 13.4.